The molecule has 2 aromatic carbocycles. The predicted octanol–water partition coefficient (Wildman–Crippen LogP) is 3.08. The van der Waals surface area contributed by atoms with Crippen molar-refractivity contribution in [3.05, 3.63) is 71.0 Å². The van der Waals surface area contributed by atoms with E-state index in [1.54, 1.807) is 42.5 Å². The van der Waals surface area contributed by atoms with Crippen molar-refractivity contribution in [3.63, 3.8) is 0 Å². The Morgan fingerprint density at radius 3 is 2.48 bits per heavy atom. The predicted molar refractivity (Wildman–Crippen MR) is 78.9 cm³/mol. The molecule has 0 saturated carbocycles. The highest BCUT2D eigenvalue weighted by Gasteiger charge is 2.13. The number of aliphatic hydroxyl groups is 1. The van der Waals surface area contributed by atoms with Gasteiger partial charge in [-0.05, 0) is 30.7 Å². The van der Waals surface area contributed by atoms with Crippen molar-refractivity contribution in [2.75, 3.05) is 6.54 Å². The molecule has 21 heavy (non-hydrogen) atoms. The number of nitrogens with one attached hydrogen (secondary N) is 1. The maximum absolute atomic E-state index is 13.6. The second-order valence-electron chi connectivity index (χ2n) is 4.90. The number of halogens is 1. The lowest BCUT2D eigenvalue weighted by molar-refractivity contribution is 0.170. The lowest BCUT2D eigenvalue weighted by Crippen LogP contribution is -2.25. The van der Waals surface area contributed by atoms with Crippen LogP contribution in [0.5, 0.6) is 0 Å². The quantitative estimate of drug-likeness (QED) is 0.887. The molecule has 2 N–H and O–H groups in total. The summed E-state index contributed by atoms with van der Waals surface area (Å²) in [5, 5.41) is 22.0. The highest BCUT2D eigenvalue weighted by atomic mass is 19.1. The molecule has 0 aliphatic heterocycles. The highest BCUT2D eigenvalue weighted by molar-refractivity contribution is 5.32. The first-order valence-corrected chi connectivity index (χ1v) is 6.77. The normalized spacial score (nSPS) is 13.4. The molecule has 2 aromatic rings. The summed E-state index contributed by atoms with van der Waals surface area (Å²) < 4.78 is 13.6. The molecule has 2 atom stereocenters. The number of hydrogen-bond donors (Lipinski definition) is 2. The fourth-order valence-electron chi connectivity index (χ4n) is 2.12. The molecule has 4 heteroatoms. The maximum atomic E-state index is 13.6. The van der Waals surface area contributed by atoms with Crippen molar-refractivity contribution in [1.29, 1.82) is 5.26 Å². The van der Waals surface area contributed by atoms with Crippen LogP contribution in [-0.2, 0) is 0 Å². The third-order valence-corrected chi connectivity index (χ3v) is 3.41. The van der Waals surface area contributed by atoms with Crippen LogP contribution in [0.25, 0.3) is 0 Å². The monoisotopic (exact) mass is 284 g/mol. The van der Waals surface area contributed by atoms with Gasteiger partial charge in [0.2, 0.25) is 0 Å². The number of nitriles is 1. The molecule has 0 bridgehead atoms. The third-order valence-electron chi connectivity index (χ3n) is 3.41. The Morgan fingerprint density at radius 2 is 1.86 bits per heavy atom. The second kappa shape index (κ2) is 6.98. The van der Waals surface area contributed by atoms with Crippen molar-refractivity contribution < 1.29 is 9.50 Å². The zero-order chi connectivity index (χ0) is 15.2. The van der Waals surface area contributed by atoms with Gasteiger partial charge >= 0.3 is 0 Å². The minimum Gasteiger partial charge on any atom is -0.387 e. The molecule has 2 rings (SSSR count). The number of hydrogen-bond acceptors (Lipinski definition) is 3. The smallest absolute Gasteiger partial charge is 0.127 e. The van der Waals surface area contributed by atoms with Gasteiger partial charge in [-0.2, -0.15) is 5.26 Å². The summed E-state index contributed by atoms with van der Waals surface area (Å²) in [6.07, 6.45) is -0.702. The van der Waals surface area contributed by atoms with Crippen molar-refractivity contribution in [2.24, 2.45) is 0 Å². The lowest BCUT2D eigenvalue weighted by atomic mass is 10.1. The first kappa shape index (κ1) is 15.2. The summed E-state index contributed by atoms with van der Waals surface area (Å²) in [6, 6.07) is 15.2. The average molecular weight is 284 g/mol. The van der Waals surface area contributed by atoms with E-state index in [2.05, 4.69) is 5.32 Å². The lowest BCUT2D eigenvalue weighted by Gasteiger charge is -2.18. The van der Waals surface area contributed by atoms with Crippen LogP contribution in [0.3, 0.4) is 0 Å². The van der Waals surface area contributed by atoms with Crippen LogP contribution in [0.2, 0.25) is 0 Å². The zero-order valence-corrected chi connectivity index (χ0v) is 11.8. The topological polar surface area (TPSA) is 56.0 Å². The van der Waals surface area contributed by atoms with E-state index in [4.69, 9.17) is 5.26 Å². The largest absolute Gasteiger partial charge is 0.387 e. The summed E-state index contributed by atoms with van der Waals surface area (Å²) in [6.45, 7) is 2.16. The van der Waals surface area contributed by atoms with E-state index in [0.29, 0.717) is 17.7 Å². The molecule has 0 aliphatic rings. The van der Waals surface area contributed by atoms with Crippen LogP contribution in [0.4, 0.5) is 4.39 Å². The Hall–Kier alpha value is -2.22. The summed E-state index contributed by atoms with van der Waals surface area (Å²) in [4.78, 5) is 0. The van der Waals surface area contributed by atoms with Gasteiger partial charge in [-0.25, -0.2) is 4.39 Å². The standard InChI is InChI=1S/C17H17FN2O/c1-12(15-4-2-3-5-16(15)18)20-11-17(21)14-8-6-13(10-19)7-9-14/h2-9,12,17,20-21H,11H2,1H3. The first-order chi connectivity index (χ1) is 10.1. The number of aliphatic hydroxyl groups excluding tert-OH is 1. The van der Waals surface area contributed by atoms with E-state index < -0.39 is 6.10 Å². The summed E-state index contributed by atoms with van der Waals surface area (Å²) in [5.41, 5.74) is 1.85. The van der Waals surface area contributed by atoms with E-state index in [1.165, 1.54) is 6.07 Å². The fraction of sp³-hybridized carbons (Fsp3) is 0.235. The van der Waals surface area contributed by atoms with Crippen molar-refractivity contribution >= 4 is 0 Å². The van der Waals surface area contributed by atoms with Crippen LogP contribution in [0, 0.1) is 17.1 Å². The molecule has 0 aromatic heterocycles. The van der Waals surface area contributed by atoms with Gasteiger partial charge < -0.3 is 10.4 Å². The van der Waals surface area contributed by atoms with Crippen LogP contribution in [0.1, 0.15) is 35.8 Å². The molecule has 0 fully saturated rings. The summed E-state index contributed by atoms with van der Waals surface area (Å²) in [5.74, 6) is -0.259. The van der Waals surface area contributed by atoms with Crippen molar-refractivity contribution in [3.8, 4) is 6.07 Å². The molecular weight excluding hydrogens is 267 g/mol. The van der Waals surface area contributed by atoms with E-state index in [1.807, 2.05) is 13.0 Å². The fourth-order valence-corrected chi connectivity index (χ4v) is 2.12. The van der Waals surface area contributed by atoms with E-state index >= 15 is 0 Å². The molecule has 0 heterocycles. The maximum Gasteiger partial charge on any atom is 0.127 e. The third kappa shape index (κ3) is 3.88. The van der Waals surface area contributed by atoms with Crippen LogP contribution < -0.4 is 5.32 Å². The molecule has 0 spiro atoms. The molecule has 108 valence electrons. The number of benzene rings is 2. The average Bonchev–Trinajstić information content (AvgIpc) is 2.52. The molecule has 0 amide bonds. The minimum atomic E-state index is -0.702. The number of nitrogens with zero attached hydrogens (tertiary/aromatic N) is 1. The van der Waals surface area contributed by atoms with Gasteiger partial charge in [0.15, 0.2) is 0 Å². The Kier molecular flexibility index (Phi) is 5.04. The van der Waals surface area contributed by atoms with Crippen LogP contribution in [0.15, 0.2) is 48.5 Å². The Balaban J connectivity index is 1.96. The Morgan fingerprint density at radius 1 is 1.19 bits per heavy atom. The van der Waals surface area contributed by atoms with E-state index in [9.17, 15) is 9.50 Å². The summed E-state index contributed by atoms with van der Waals surface area (Å²) in [7, 11) is 0. The molecule has 0 saturated heterocycles. The molecular formula is C17H17FN2O. The van der Waals surface area contributed by atoms with E-state index in [-0.39, 0.29) is 11.9 Å². The van der Waals surface area contributed by atoms with Gasteiger partial charge in [-0.1, -0.05) is 30.3 Å². The van der Waals surface area contributed by atoms with Gasteiger partial charge in [0.25, 0.3) is 0 Å². The van der Waals surface area contributed by atoms with Gasteiger partial charge in [-0.3, -0.25) is 0 Å². The Bertz CT molecular complexity index is 634. The van der Waals surface area contributed by atoms with Crippen LogP contribution >= 0.6 is 0 Å². The van der Waals surface area contributed by atoms with E-state index in [0.717, 1.165) is 5.56 Å². The molecule has 0 aliphatic carbocycles. The zero-order valence-electron chi connectivity index (χ0n) is 11.8. The van der Waals surface area contributed by atoms with Gasteiger partial charge in [-0.15, -0.1) is 0 Å². The molecule has 2 unspecified atom stereocenters. The van der Waals surface area contributed by atoms with Gasteiger partial charge in [0, 0.05) is 18.2 Å². The highest BCUT2D eigenvalue weighted by Crippen LogP contribution is 2.18. The minimum absolute atomic E-state index is 0.195. The van der Waals surface area contributed by atoms with Gasteiger partial charge in [0.05, 0.1) is 17.7 Å². The molecule has 3 nitrogen and oxygen atoms in total. The van der Waals surface area contributed by atoms with Crippen LogP contribution in [-0.4, -0.2) is 11.7 Å². The first-order valence-electron chi connectivity index (χ1n) is 6.77. The molecule has 0 radical (unpaired) electrons. The van der Waals surface area contributed by atoms with Gasteiger partial charge in [0.1, 0.15) is 5.82 Å². The SMILES string of the molecule is CC(NCC(O)c1ccc(C#N)cc1)c1ccccc1F. The Labute approximate surface area is 123 Å². The number of rotatable bonds is 5. The van der Waals surface area contributed by atoms with Crippen molar-refractivity contribution in [2.45, 2.75) is 19.1 Å². The second-order valence-corrected chi connectivity index (χ2v) is 4.90. The van der Waals surface area contributed by atoms with Crippen molar-refractivity contribution in [1.82, 2.24) is 5.32 Å². The summed E-state index contributed by atoms with van der Waals surface area (Å²) >= 11 is 0.